The van der Waals surface area contributed by atoms with E-state index in [-0.39, 0.29) is 6.04 Å². The molecule has 0 radical (unpaired) electrons. The molecule has 0 spiro atoms. The Morgan fingerprint density at radius 3 is 3.00 bits per heavy atom. The van der Waals surface area contributed by atoms with Gasteiger partial charge in [-0.1, -0.05) is 0 Å². The van der Waals surface area contributed by atoms with Gasteiger partial charge in [-0.25, -0.2) is 0 Å². The molecule has 0 bridgehead atoms. The Labute approximate surface area is 84.1 Å². The Kier molecular flexibility index (Phi) is 3.73. The van der Waals surface area contributed by atoms with Crippen LogP contribution in [0.15, 0.2) is 15.9 Å². The largest absolute Gasteiger partial charge is 0.323 e. The molecule has 1 rings (SSSR count). The minimum Gasteiger partial charge on any atom is -0.323 e. The fourth-order valence-corrected chi connectivity index (χ4v) is 2.37. The summed E-state index contributed by atoms with van der Waals surface area (Å²) in [4.78, 5) is 1.14. The quantitative estimate of drug-likeness (QED) is 0.890. The first kappa shape index (κ1) is 9.72. The Balaban J connectivity index is 2.54. The van der Waals surface area contributed by atoms with Crippen LogP contribution in [0.4, 0.5) is 0 Å². The van der Waals surface area contributed by atoms with Crippen LogP contribution >= 0.6 is 27.3 Å². The number of hydrogen-bond acceptors (Lipinski definition) is 3. The fraction of sp³-hybridized carbons (Fsp3) is 0.375. The van der Waals surface area contributed by atoms with Gasteiger partial charge in [-0.2, -0.15) is 5.26 Å². The lowest BCUT2D eigenvalue weighted by atomic mass is 10.1. The van der Waals surface area contributed by atoms with Gasteiger partial charge in [-0.15, -0.1) is 11.3 Å². The number of nitriles is 1. The van der Waals surface area contributed by atoms with Crippen molar-refractivity contribution in [3.63, 3.8) is 0 Å². The van der Waals surface area contributed by atoms with Crippen molar-refractivity contribution in [1.29, 1.82) is 5.26 Å². The zero-order chi connectivity index (χ0) is 8.97. The van der Waals surface area contributed by atoms with Crippen molar-refractivity contribution in [2.45, 2.75) is 18.9 Å². The summed E-state index contributed by atoms with van der Waals surface area (Å²) >= 11 is 4.99. The highest BCUT2D eigenvalue weighted by Crippen LogP contribution is 2.26. The predicted octanol–water partition coefficient (Wildman–Crippen LogP) is 2.81. The molecule has 0 saturated heterocycles. The van der Waals surface area contributed by atoms with E-state index in [1.54, 1.807) is 11.3 Å². The van der Waals surface area contributed by atoms with Gasteiger partial charge in [0.05, 0.1) is 6.07 Å². The van der Waals surface area contributed by atoms with Crippen LogP contribution in [0.25, 0.3) is 0 Å². The lowest BCUT2D eigenvalue weighted by molar-refractivity contribution is 0.676. The molecule has 12 heavy (non-hydrogen) atoms. The average molecular weight is 245 g/mol. The molecule has 2 nitrogen and oxygen atoms in total. The Bertz CT molecular complexity index is 289. The van der Waals surface area contributed by atoms with Gasteiger partial charge in [-0.3, -0.25) is 0 Å². The summed E-state index contributed by atoms with van der Waals surface area (Å²) in [6.07, 6.45) is 1.26. The molecule has 1 unspecified atom stereocenters. The van der Waals surface area contributed by atoms with Crippen molar-refractivity contribution in [3.05, 3.63) is 20.8 Å². The topological polar surface area (TPSA) is 49.8 Å². The molecule has 0 fully saturated rings. The third-order valence-electron chi connectivity index (χ3n) is 1.52. The Hall–Kier alpha value is -0.370. The van der Waals surface area contributed by atoms with Crippen molar-refractivity contribution < 1.29 is 0 Å². The van der Waals surface area contributed by atoms with E-state index in [1.807, 2.05) is 11.4 Å². The summed E-state index contributed by atoms with van der Waals surface area (Å²) in [5.74, 6) is 0. The summed E-state index contributed by atoms with van der Waals surface area (Å²) in [6, 6.07) is 4.11. The van der Waals surface area contributed by atoms with Gasteiger partial charge in [0, 0.05) is 27.2 Å². The summed E-state index contributed by atoms with van der Waals surface area (Å²) in [7, 11) is 0. The lowest BCUT2D eigenvalue weighted by Gasteiger charge is -2.04. The predicted molar refractivity (Wildman–Crippen MR) is 53.8 cm³/mol. The van der Waals surface area contributed by atoms with E-state index in [4.69, 9.17) is 11.0 Å². The van der Waals surface area contributed by atoms with Gasteiger partial charge in [0.1, 0.15) is 0 Å². The molecule has 0 aliphatic rings. The normalized spacial score (nSPS) is 12.4. The first-order valence-electron chi connectivity index (χ1n) is 3.60. The first-order chi connectivity index (χ1) is 5.74. The molecular weight excluding hydrogens is 236 g/mol. The SMILES string of the molecule is N#CCCC(N)c1cc(Br)cs1. The maximum atomic E-state index is 8.36. The number of rotatable bonds is 3. The minimum absolute atomic E-state index is 0.0148. The van der Waals surface area contributed by atoms with E-state index in [0.29, 0.717) is 6.42 Å². The smallest absolute Gasteiger partial charge is 0.0622 e. The first-order valence-corrected chi connectivity index (χ1v) is 5.27. The molecule has 0 aromatic carbocycles. The summed E-state index contributed by atoms with van der Waals surface area (Å²) in [5, 5.41) is 10.4. The molecule has 1 aromatic rings. The molecule has 1 heterocycles. The van der Waals surface area contributed by atoms with Crippen molar-refractivity contribution >= 4 is 27.3 Å². The second kappa shape index (κ2) is 4.61. The highest BCUT2D eigenvalue weighted by Gasteiger charge is 2.07. The maximum Gasteiger partial charge on any atom is 0.0622 e. The van der Waals surface area contributed by atoms with E-state index in [1.165, 1.54) is 0 Å². The zero-order valence-electron chi connectivity index (χ0n) is 6.46. The van der Waals surface area contributed by atoms with E-state index in [2.05, 4.69) is 22.0 Å². The molecule has 2 N–H and O–H groups in total. The maximum absolute atomic E-state index is 8.36. The molecule has 1 atom stereocenters. The highest BCUT2D eigenvalue weighted by atomic mass is 79.9. The summed E-state index contributed by atoms with van der Waals surface area (Å²) in [5.41, 5.74) is 5.83. The van der Waals surface area contributed by atoms with Crippen LogP contribution in [-0.4, -0.2) is 0 Å². The summed E-state index contributed by atoms with van der Waals surface area (Å²) < 4.78 is 1.06. The van der Waals surface area contributed by atoms with Crippen LogP contribution in [0.5, 0.6) is 0 Å². The molecular formula is C8H9BrN2S. The Morgan fingerprint density at radius 2 is 2.50 bits per heavy atom. The number of nitrogens with zero attached hydrogens (tertiary/aromatic N) is 1. The van der Waals surface area contributed by atoms with Crippen LogP contribution < -0.4 is 5.73 Å². The third kappa shape index (κ3) is 2.59. The van der Waals surface area contributed by atoms with Crippen molar-refractivity contribution in [1.82, 2.24) is 0 Å². The van der Waals surface area contributed by atoms with Crippen LogP contribution in [0, 0.1) is 11.3 Å². The fourth-order valence-electron chi connectivity index (χ4n) is 0.885. The number of nitrogens with two attached hydrogens (primary N) is 1. The van der Waals surface area contributed by atoms with Gasteiger partial charge in [0.2, 0.25) is 0 Å². The van der Waals surface area contributed by atoms with E-state index in [9.17, 15) is 0 Å². The van der Waals surface area contributed by atoms with E-state index >= 15 is 0 Å². The number of halogens is 1. The molecule has 1 aromatic heterocycles. The molecule has 4 heteroatoms. The van der Waals surface area contributed by atoms with E-state index < -0.39 is 0 Å². The van der Waals surface area contributed by atoms with Gasteiger partial charge in [0.25, 0.3) is 0 Å². The average Bonchev–Trinajstić information content (AvgIpc) is 2.47. The van der Waals surface area contributed by atoms with Crippen LogP contribution in [0.2, 0.25) is 0 Å². The Morgan fingerprint density at radius 1 is 1.75 bits per heavy atom. The van der Waals surface area contributed by atoms with Crippen LogP contribution in [0.1, 0.15) is 23.8 Å². The van der Waals surface area contributed by atoms with Crippen LogP contribution in [-0.2, 0) is 0 Å². The molecule has 64 valence electrons. The van der Waals surface area contributed by atoms with Crippen molar-refractivity contribution in [2.24, 2.45) is 5.73 Å². The standard InChI is InChI=1S/C8H9BrN2S/c9-6-4-8(12-5-6)7(11)2-1-3-10/h4-5,7H,1-2,11H2. The van der Waals surface area contributed by atoms with Crippen molar-refractivity contribution in [2.75, 3.05) is 0 Å². The van der Waals surface area contributed by atoms with Gasteiger partial charge < -0.3 is 5.73 Å². The second-order valence-corrected chi connectivity index (χ2v) is 4.33. The third-order valence-corrected chi connectivity index (χ3v) is 3.35. The number of thiophene rings is 1. The highest BCUT2D eigenvalue weighted by molar-refractivity contribution is 9.10. The molecule has 0 aliphatic carbocycles. The number of hydrogen-bond donors (Lipinski definition) is 1. The molecule has 0 amide bonds. The second-order valence-electron chi connectivity index (χ2n) is 2.47. The van der Waals surface area contributed by atoms with Gasteiger partial charge in [-0.05, 0) is 28.4 Å². The van der Waals surface area contributed by atoms with Crippen LogP contribution in [0.3, 0.4) is 0 Å². The monoisotopic (exact) mass is 244 g/mol. The molecule has 0 saturated carbocycles. The van der Waals surface area contributed by atoms with Gasteiger partial charge >= 0.3 is 0 Å². The van der Waals surface area contributed by atoms with E-state index in [0.717, 1.165) is 15.8 Å². The van der Waals surface area contributed by atoms with Gasteiger partial charge in [0.15, 0.2) is 0 Å². The zero-order valence-corrected chi connectivity index (χ0v) is 8.86. The van der Waals surface area contributed by atoms with Crippen molar-refractivity contribution in [3.8, 4) is 6.07 Å². The lowest BCUT2D eigenvalue weighted by Crippen LogP contribution is -2.07. The minimum atomic E-state index is 0.0148. The summed E-state index contributed by atoms with van der Waals surface area (Å²) in [6.45, 7) is 0. The molecule has 0 aliphatic heterocycles.